The van der Waals surface area contributed by atoms with Crippen molar-refractivity contribution in [3.05, 3.63) is 17.0 Å². The molecule has 1 heterocycles. The molecule has 0 amide bonds. The maximum atomic E-state index is 12.4. The average Bonchev–Trinajstić information content (AvgIpc) is 2.78. The van der Waals surface area contributed by atoms with Crippen LogP contribution in [-0.4, -0.2) is 32.9 Å². The summed E-state index contributed by atoms with van der Waals surface area (Å²) in [6.07, 6.45) is 1.68. The molecular weight excluding hydrogens is 268 g/mol. The molecule has 0 aliphatic carbocycles. The first-order chi connectivity index (χ1) is 8.56. The molecule has 0 aliphatic rings. The van der Waals surface area contributed by atoms with Gasteiger partial charge in [-0.25, -0.2) is 8.42 Å². The van der Waals surface area contributed by atoms with Crippen LogP contribution in [0.5, 0.6) is 0 Å². The zero-order valence-electron chi connectivity index (χ0n) is 11.3. The van der Waals surface area contributed by atoms with Gasteiger partial charge in [0, 0.05) is 24.5 Å². The van der Waals surface area contributed by atoms with Crippen molar-refractivity contribution in [1.29, 1.82) is 0 Å². The molecular formula is C12H22N2O2S2. The second kappa shape index (κ2) is 7.23. The van der Waals surface area contributed by atoms with Gasteiger partial charge in [0.25, 0.3) is 10.0 Å². The van der Waals surface area contributed by atoms with Crippen LogP contribution in [0.1, 0.15) is 31.6 Å². The minimum absolute atomic E-state index is 0.453. The van der Waals surface area contributed by atoms with Crippen molar-refractivity contribution in [2.75, 3.05) is 20.1 Å². The Balaban J connectivity index is 2.94. The first-order valence-corrected chi connectivity index (χ1v) is 8.55. The lowest BCUT2D eigenvalue weighted by Gasteiger charge is -2.19. The number of hydrogen-bond acceptors (Lipinski definition) is 4. The molecule has 0 saturated carbocycles. The van der Waals surface area contributed by atoms with Crippen LogP contribution in [0, 0.1) is 0 Å². The Morgan fingerprint density at radius 2 is 1.83 bits per heavy atom. The quantitative estimate of drug-likeness (QED) is 0.799. The van der Waals surface area contributed by atoms with Gasteiger partial charge in [-0.3, -0.25) is 0 Å². The van der Waals surface area contributed by atoms with Gasteiger partial charge < -0.3 is 5.32 Å². The van der Waals surface area contributed by atoms with E-state index in [1.165, 1.54) is 11.3 Å². The molecule has 0 fully saturated rings. The van der Waals surface area contributed by atoms with E-state index in [-0.39, 0.29) is 0 Å². The van der Waals surface area contributed by atoms with Gasteiger partial charge in [0.2, 0.25) is 0 Å². The standard InChI is InChI=1S/C12H22N2O2S2/c1-4-8-14(9-5-2)18(15,16)12-7-6-11(17-12)10-13-3/h6-7,13H,4-5,8-10H2,1-3H3. The third-order valence-electron chi connectivity index (χ3n) is 2.53. The topological polar surface area (TPSA) is 49.4 Å². The lowest BCUT2D eigenvalue weighted by Crippen LogP contribution is -2.32. The van der Waals surface area contributed by atoms with E-state index in [9.17, 15) is 8.42 Å². The van der Waals surface area contributed by atoms with Gasteiger partial charge in [-0.2, -0.15) is 4.31 Å². The molecule has 0 spiro atoms. The fourth-order valence-corrected chi connectivity index (χ4v) is 4.89. The van der Waals surface area contributed by atoms with Gasteiger partial charge in [0.1, 0.15) is 4.21 Å². The Kier molecular flexibility index (Phi) is 6.28. The van der Waals surface area contributed by atoms with E-state index in [0.717, 1.165) is 17.7 Å². The summed E-state index contributed by atoms with van der Waals surface area (Å²) in [7, 11) is -1.44. The number of rotatable bonds is 8. The molecule has 0 bridgehead atoms. The molecule has 1 aromatic heterocycles. The Hall–Kier alpha value is -0.430. The predicted octanol–water partition coefficient (Wildman–Crippen LogP) is 2.28. The second-order valence-corrected chi connectivity index (χ2v) is 7.49. The molecule has 4 nitrogen and oxygen atoms in total. The first-order valence-electron chi connectivity index (χ1n) is 6.29. The van der Waals surface area contributed by atoms with Crippen LogP contribution in [-0.2, 0) is 16.6 Å². The Labute approximate surface area is 114 Å². The minimum atomic E-state index is -3.30. The summed E-state index contributed by atoms with van der Waals surface area (Å²) in [5.41, 5.74) is 0. The molecule has 0 unspecified atom stereocenters. The molecule has 0 atom stereocenters. The van der Waals surface area contributed by atoms with Crippen LogP contribution < -0.4 is 5.32 Å². The SMILES string of the molecule is CCCN(CCC)S(=O)(=O)c1ccc(CNC)s1. The molecule has 1 N–H and O–H groups in total. The third kappa shape index (κ3) is 3.78. The van der Waals surface area contributed by atoms with Crippen LogP contribution in [0.25, 0.3) is 0 Å². The van der Waals surface area contributed by atoms with E-state index < -0.39 is 10.0 Å². The molecule has 1 aromatic rings. The monoisotopic (exact) mass is 290 g/mol. The van der Waals surface area contributed by atoms with Gasteiger partial charge in [-0.05, 0) is 32.0 Å². The third-order valence-corrected chi connectivity index (χ3v) is 5.98. The number of nitrogens with zero attached hydrogens (tertiary/aromatic N) is 1. The number of nitrogens with one attached hydrogen (secondary N) is 1. The summed E-state index contributed by atoms with van der Waals surface area (Å²) in [6.45, 7) is 5.89. The lowest BCUT2D eigenvalue weighted by molar-refractivity contribution is 0.411. The molecule has 0 aromatic carbocycles. The van der Waals surface area contributed by atoms with Gasteiger partial charge in [-0.15, -0.1) is 11.3 Å². The van der Waals surface area contributed by atoms with E-state index in [1.54, 1.807) is 10.4 Å². The van der Waals surface area contributed by atoms with Crippen molar-refractivity contribution in [2.24, 2.45) is 0 Å². The molecule has 0 aliphatic heterocycles. The van der Waals surface area contributed by atoms with Crippen molar-refractivity contribution in [2.45, 2.75) is 37.4 Å². The summed E-state index contributed by atoms with van der Waals surface area (Å²) < 4.78 is 26.9. The van der Waals surface area contributed by atoms with Crippen LogP contribution >= 0.6 is 11.3 Å². The van der Waals surface area contributed by atoms with E-state index in [4.69, 9.17) is 0 Å². The summed E-state index contributed by atoms with van der Waals surface area (Å²) in [5.74, 6) is 0. The Morgan fingerprint density at radius 1 is 1.22 bits per heavy atom. The number of thiophene rings is 1. The minimum Gasteiger partial charge on any atom is -0.315 e. The van der Waals surface area contributed by atoms with Crippen molar-refractivity contribution in [1.82, 2.24) is 9.62 Å². The Morgan fingerprint density at radius 3 is 2.33 bits per heavy atom. The highest BCUT2D eigenvalue weighted by atomic mass is 32.2. The summed E-state index contributed by atoms with van der Waals surface area (Å²) in [5, 5.41) is 3.03. The zero-order chi connectivity index (χ0) is 13.6. The largest absolute Gasteiger partial charge is 0.315 e. The highest BCUT2D eigenvalue weighted by Gasteiger charge is 2.24. The van der Waals surface area contributed by atoms with Crippen molar-refractivity contribution < 1.29 is 8.42 Å². The molecule has 104 valence electrons. The lowest BCUT2D eigenvalue weighted by atomic mass is 10.4. The van der Waals surface area contributed by atoms with Crippen molar-refractivity contribution in [3.63, 3.8) is 0 Å². The molecule has 1 rings (SSSR count). The van der Waals surface area contributed by atoms with Crippen LogP contribution in [0.4, 0.5) is 0 Å². The van der Waals surface area contributed by atoms with Crippen molar-refractivity contribution >= 4 is 21.4 Å². The van der Waals surface area contributed by atoms with Crippen LogP contribution in [0.2, 0.25) is 0 Å². The van der Waals surface area contributed by atoms with Gasteiger partial charge in [-0.1, -0.05) is 13.8 Å². The highest BCUT2D eigenvalue weighted by Crippen LogP contribution is 2.25. The smallest absolute Gasteiger partial charge is 0.252 e. The van der Waals surface area contributed by atoms with E-state index in [2.05, 4.69) is 5.32 Å². The molecule has 6 heteroatoms. The first kappa shape index (κ1) is 15.6. The zero-order valence-corrected chi connectivity index (χ0v) is 12.9. The Bertz CT molecular complexity index is 448. The van der Waals surface area contributed by atoms with E-state index >= 15 is 0 Å². The molecule has 18 heavy (non-hydrogen) atoms. The molecule has 0 saturated heterocycles. The second-order valence-electron chi connectivity index (χ2n) is 4.16. The summed E-state index contributed by atoms with van der Waals surface area (Å²) in [4.78, 5) is 1.05. The van der Waals surface area contributed by atoms with Gasteiger partial charge in [0.15, 0.2) is 0 Å². The van der Waals surface area contributed by atoms with Gasteiger partial charge in [0.05, 0.1) is 0 Å². The van der Waals surface area contributed by atoms with Gasteiger partial charge >= 0.3 is 0 Å². The maximum Gasteiger partial charge on any atom is 0.252 e. The van der Waals surface area contributed by atoms with E-state index in [0.29, 0.717) is 23.8 Å². The average molecular weight is 290 g/mol. The normalized spacial score (nSPS) is 12.2. The van der Waals surface area contributed by atoms with Crippen LogP contribution in [0.3, 0.4) is 0 Å². The fraction of sp³-hybridized carbons (Fsp3) is 0.667. The number of sulfonamides is 1. The van der Waals surface area contributed by atoms with Crippen molar-refractivity contribution in [3.8, 4) is 0 Å². The summed E-state index contributed by atoms with van der Waals surface area (Å²) in [6, 6.07) is 3.59. The fourth-order valence-electron chi connectivity index (χ4n) is 1.74. The van der Waals surface area contributed by atoms with Crippen LogP contribution in [0.15, 0.2) is 16.3 Å². The van der Waals surface area contributed by atoms with E-state index in [1.807, 2.05) is 27.0 Å². The summed E-state index contributed by atoms with van der Waals surface area (Å²) >= 11 is 1.35. The number of hydrogen-bond donors (Lipinski definition) is 1. The predicted molar refractivity (Wildman–Crippen MR) is 76.4 cm³/mol. The maximum absolute atomic E-state index is 12.4. The highest BCUT2D eigenvalue weighted by molar-refractivity contribution is 7.91. The molecule has 0 radical (unpaired) electrons.